The molecule has 3 nitrogen and oxygen atoms in total. The number of aryl methyl sites for hydroxylation is 1. The van der Waals surface area contributed by atoms with Gasteiger partial charge in [0.05, 0.1) is 4.90 Å². The van der Waals surface area contributed by atoms with E-state index in [-0.39, 0.29) is 0 Å². The zero-order valence-corrected chi connectivity index (χ0v) is 13.3. The summed E-state index contributed by atoms with van der Waals surface area (Å²) in [7, 11) is -3.47. The molecule has 110 valence electrons. The minimum atomic E-state index is -3.47. The SMILES string of the molecule is Cc1cc(S(=O)(=O)N2CCc3ccccc3C2)ccc1Cl. The first kappa shape index (κ1) is 14.6. The van der Waals surface area contributed by atoms with Crippen molar-refractivity contribution in [2.45, 2.75) is 24.8 Å². The number of hydrogen-bond donors (Lipinski definition) is 0. The van der Waals surface area contributed by atoms with E-state index in [0.29, 0.717) is 23.0 Å². The molecule has 0 fully saturated rings. The Hall–Kier alpha value is -1.36. The van der Waals surface area contributed by atoms with E-state index >= 15 is 0 Å². The van der Waals surface area contributed by atoms with Crippen molar-refractivity contribution in [3.63, 3.8) is 0 Å². The lowest BCUT2D eigenvalue weighted by Crippen LogP contribution is -2.35. The maximum atomic E-state index is 12.7. The summed E-state index contributed by atoms with van der Waals surface area (Å²) < 4.78 is 27.0. The molecule has 0 aromatic heterocycles. The smallest absolute Gasteiger partial charge is 0.207 e. The topological polar surface area (TPSA) is 37.4 Å². The van der Waals surface area contributed by atoms with Crippen molar-refractivity contribution in [3.8, 4) is 0 Å². The average molecular weight is 322 g/mol. The largest absolute Gasteiger partial charge is 0.243 e. The Bertz CT molecular complexity index is 787. The van der Waals surface area contributed by atoms with Gasteiger partial charge in [-0.2, -0.15) is 4.31 Å². The van der Waals surface area contributed by atoms with E-state index in [1.54, 1.807) is 18.2 Å². The van der Waals surface area contributed by atoms with Gasteiger partial charge in [0.25, 0.3) is 0 Å². The quantitative estimate of drug-likeness (QED) is 0.850. The van der Waals surface area contributed by atoms with Crippen molar-refractivity contribution in [2.75, 3.05) is 6.54 Å². The fourth-order valence-corrected chi connectivity index (χ4v) is 4.22. The highest BCUT2D eigenvalue weighted by Gasteiger charge is 2.28. The summed E-state index contributed by atoms with van der Waals surface area (Å²) in [5.74, 6) is 0. The third-order valence-electron chi connectivity index (χ3n) is 3.86. The molecule has 1 aliphatic heterocycles. The Balaban J connectivity index is 1.95. The van der Waals surface area contributed by atoms with E-state index in [9.17, 15) is 8.42 Å². The van der Waals surface area contributed by atoms with Crippen LogP contribution < -0.4 is 0 Å². The fraction of sp³-hybridized carbons (Fsp3) is 0.250. The van der Waals surface area contributed by atoms with Gasteiger partial charge < -0.3 is 0 Å². The van der Waals surface area contributed by atoms with Crippen LogP contribution in [0.2, 0.25) is 5.02 Å². The van der Waals surface area contributed by atoms with Crippen molar-refractivity contribution in [1.29, 1.82) is 0 Å². The molecule has 0 radical (unpaired) electrons. The van der Waals surface area contributed by atoms with Gasteiger partial charge in [0.1, 0.15) is 0 Å². The highest BCUT2D eigenvalue weighted by atomic mass is 35.5. The number of fused-ring (bicyclic) bond motifs is 1. The van der Waals surface area contributed by atoms with Crippen LogP contribution in [0.15, 0.2) is 47.4 Å². The molecule has 0 saturated carbocycles. The number of sulfonamides is 1. The van der Waals surface area contributed by atoms with Gasteiger partial charge in [0, 0.05) is 18.1 Å². The summed E-state index contributed by atoms with van der Waals surface area (Å²) in [4.78, 5) is 0.309. The second-order valence-corrected chi connectivity index (χ2v) is 7.61. The number of nitrogens with zero attached hydrogens (tertiary/aromatic N) is 1. The van der Waals surface area contributed by atoms with Gasteiger partial charge in [0.15, 0.2) is 0 Å². The summed E-state index contributed by atoms with van der Waals surface area (Å²) in [5, 5.41) is 0.581. The minimum absolute atomic E-state index is 0.309. The molecule has 2 aromatic rings. The number of rotatable bonds is 2. The van der Waals surface area contributed by atoms with Gasteiger partial charge in [-0.25, -0.2) is 8.42 Å². The summed E-state index contributed by atoms with van der Waals surface area (Å²) in [6.07, 6.45) is 0.752. The van der Waals surface area contributed by atoms with E-state index < -0.39 is 10.0 Å². The van der Waals surface area contributed by atoms with Crippen LogP contribution in [0.4, 0.5) is 0 Å². The Labute approximate surface area is 130 Å². The van der Waals surface area contributed by atoms with E-state index in [4.69, 9.17) is 11.6 Å². The molecular weight excluding hydrogens is 306 g/mol. The van der Waals surface area contributed by atoms with E-state index in [2.05, 4.69) is 6.07 Å². The Kier molecular flexibility index (Phi) is 3.78. The van der Waals surface area contributed by atoms with Crippen molar-refractivity contribution < 1.29 is 8.42 Å². The molecule has 0 unspecified atom stereocenters. The Morgan fingerprint density at radius 1 is 1.10 bits per heavy atom. The number of halogens is 1. The monoisotopic (exact) mass is 321 g/mol. The maximum Gasteiger partial charge on any atom is 0.243 e. The lowest BCUT2D eigenvalue weighted by molar-refractivity contribution is 0.391. The zero-order chi connectivity index (χ0) is 15.0. The second-order valence-electron chi connectivity index (χ2n) is 5.27. The van der Waals surface area contributed by atoms with Crippen LogP contribution in [0.25, 0.3) is 0 Å². The maximum absolute atomic E-state index is 12.7. The van der Waals surface area contributed by atoms with E-state index in [1.165, 1.54) is 9.87 Å². The standard InChI is InChI=1S/C16H16ClNO2S/c1-12-10-15(6-7-16(12)17)21(19,20)18-9-8-13-4-2-3-5-14(13)11-18/h2-7,10H,8-9,11H2,1H3. The van der Waals surface area contributed by atoms with Crippen LogP contribution in [-0.2, 0) is 23.0 Å². The van der Waals surface area contributed by atoms with E-state index in [0.717, 1.165) is 17.5 Å². The van der Waals surface area contributed by atoms with E-state index in [1.807, 2.05) is 25.1 Å². The summed E-state index contributed by atoms with van der Waals surface area (Å²) in [6, 6.07) is 12.8. The summed E-state index contributed by atoms with van der Waals surface area (Å²) in [5.41, 5.74) is 3.09. The third-order valence-corrected chi connectivity index (χ3v) is 6.13. The van der Waals surface area contributed by atoms with Crippen molar-refractivity contribution in [3.05, 3.63) is 64.2 Å². The zero-order valence-electron chi connectivity index (χ0n) is 11.7. The highest BCUT2D eigenvalue weighted by molar-refractivity contribution is 7.89. The molecule has 0 saturated heterocycles. The van der Waals surface area contributed by atoms with Gasteiger partial charge in [0.2, 0.25) is 10.0 Å². The number of benzene rings is 2. The lowest BCUT2D eigenvalue weighted by atomic mass is 10.0. The highest BCUT2D eigenvalue weighted by Crippen LogP contribution is 2.26. The minimum Gasteiger partial charge on any atom is -0.207 e. The molecular formula is C16H16ClNO2S. The van der Waals surface area contributed by atoms with Crippen molar-refractivity contribution in [1.82, 2.24) is 4.31 Å². The van der Waals surface area contributed by atoms with Gasteiger partial charge in [-0.3, -0.25) is 0 Å². The second kappa shape index (κ2) is 5.44. The molecule has 0 amide bonds. The first-order valence-electron chi connectivity index (χ1n) is 6.81. The van der Waals surface area contributed by atoms with Gasteiger partial charge in [-0.1, -0.05) is 35.9 Å². The molecule has 2 aromatic carbocycles. The van der Waals surface area contributed by atoms with Crippen LogP contribution in [0, 0.1) is 6.92 Å². The molecule has 5 heteroatoms. The fourth-order valence-electron chi connectivity index (χ4n) is 2.60. The molecule has 3 rings (SSSR count). The first-order valence-corrected chi connectivity index (χ1v) is 8.63. The van der Waals surface area contributed by atoms with Crippen molar-refractivity contribution >= 4 is 21.6 Å². The predicted octanol–water partition coefficient (Wildman–Crippen LogP) is 3.40. The van der Waals surface area contributed by atoms with Crippen LogP contribution in [0.1, 0.15) is 16.7 Å². The summed E-state index contributed by atoms with van der Waals surface area (Å²) >= 11 is 5.98. The molecule has 0 spiro atoms. The molecule has 0 aliphatic carbocycles. The molecule has 21 heavy (non-hydrogen) atoms. The molecule has 1 heterocycles. The number of hydrogen-bond acceptors (Lipinski definition) is 2. The Morgan fingerprint density at radius 3 is 2.52 bits per heavy atom. The predicted molar refractivity (Wildman–Crippen MR) is 83.9 cm³/mol. The molecule has 0 N–H and O–H groups in total. The third kappa shape index (κ3) is 2.71. The summed E-state index contributed by atoms with van der Waals surface area (Å²) in [6.45, 7) is 2.76. The Morgan fingerprint density at radius 2 is 1.81 bits per heavy atom. The lowest BCUT2D eigenvalue weighted by Gasteiger charge is -2.28. The van der Waals surface area contributed by atoms with Gasteiger partial charge in [-0.15, -0.1) is 0 Å². The van der Waals surface area contributed by atoms with Gasteiger partial charge in [-0.05, 0) is 48.2 Å². The van der Waals surface area contributed by atoms with Crippen LogP contribution in [0.5, 0.6) is 0 Å². The normalized spacial score (nSPS) is 15.7. The molecule has 0 atom stereocenters. The molecule has 1 aliphatic rings. The average Bonchev–Trinajstić information content (AvgIpc) is 2.49. The first-order chi connectivity index (χ1) is 9.98. The van der Waals surface area contributed by atoms with Crippen molar-refractivity contribution in [2.24, 2.45) is 0 Å². The van der Waals surface area contributed by atoms with Gasteiger partial charge >= 0.3 is 0 Å². The van der Waals surface area contributed by atoms with Crippen LogP contribution in [-0.4, -0.2) is 19.3 Å². The van der Waals surface area contributed by atoms with Crippen LogP contribution >= 0.6 is 11.6 Å². The van der Waals surface area contributed by atoms with Crippen LogP contribution in [0.3, 0.4) is 0 Å². The molecule has 0 bridgehead atoms.